The molecule has 142 valence electrons. The molecule has 5 nitrogen and oxygen atoms in total. The number of benzene rings is 1. The van der Waals surface area contributed by atoms with E-state index in [4.69, 9.17) is 4.74 Å². The lowest BCUT2D eigenvalue weighted by Gasteiger charge is -2.37. The summed E-state index contributed by atoms with van der Waals surface area (Å²) in [5, 5.41) is 1.08. The van der Waals surface area contributed by atoms with Crippen LogP contribution >= 0.6 is 11.3 Å². The number of nitrogens with zero attached hydrogens (tertiary/aromatic N) is 3. The molecule has 0 aliphatic carbocycles. The predicted molar refractivity (Wildman–Crippen MR) is 106 cm³/mol. The lowest BCUT2D eigenvalue weighted by molar-refractivity contribution is -0.140. The number of hydrogen-bond acceptors (Lipinski definition) is 5. The highest BCUT2D eigenvalue weighted by Gasteiger charge is 2.58. The maximum Gasteiger partial charge on any atom is 0.257 e. The number of anilines is 1. The number of ether oxygens (including phenoxy) is 1. The summed E-state index contributed by atoms with van der Waals surface area (Å²) < 4.78 is 6.42. The van der Waals surface area contributed by atoms with Gasteiger partial charge in [0.1, 0.15) is 6.23 Å². The number of piperidine rings is 1. The zero-order valence-corrected chi connectivity index (χ0v) is 16.7. The van der Waals surface area contributed by atoms with Crippen molar-refractivity contribution in [1.82, 2.24) is 9.88 Å². The summed E-state index contributed by atoms with van der Waals surface area (Å²) in [6.45, 7) is 5.83. The Balaban J connectivity index is 1.33. The molecule has 0 radical (unpaired) electrons. The Morgan fingerprint density at radius 3 is 2.56 bits per heavy atom. The van der Waals surface area contributed by atoms with Crippen LogP contribution in [0, 0.1) is 13.8 Å². The second kappa shape index (κ2) is 6.31. The van der Waals surface area contributed by atoms with Crippen LogP contribution < -0.4 is 4.90 Å². The van der Waals surface area contributed by atoms with E-state index in [1.807, 2.05) is 11.0 Å². The lowest BCUT2D eigenvalue weighted by Crippen LogP contribution is -2.50. The van der Waals surface area contributed by atoms with Gasteiger partial charge in [0.2, 0.25) is 0 Å². The molecule has 2 aromatic rings. The van der Waals surface area contributed by atoms with Crippen LogP contribution in [0.25, 0.3) is 0 Å². The Labute approximate surface area is 164 Å². The second-order valence-corrected chi connectivity index (χ2v) is 9.09. The SMILES string of the molecule is Cc1nc(N2CCC3(CC2)O[C@@H]2CC[C@@H](c4ccccc4)N2C3=O)sc1C. The van der Waals surface area contributed by atoms with E-state index in [9.17, 15) is 4.79 Å². The quantitative estimate of drug-likeness (QED) is 0.791. The van der Waals surface area contributed by atoms with Crippen molar-refractivity contribution in [3.05, 3.63) is 46.5 Å². The maximum atomic E-state index is 13.4. The fraction of sp³-hybridized carbons (Fsp3) is 0.524. The highest BCUT2D eigenvalue weighted by molar-refractivity contribution is 7.15. The molecular formula is C21H25N3O2S. The lowest BCUT2D eigenvalue weighted by atomic mass is 9.90. The van der Waals surface area contributed by atoms with Crippen molar-refractivity contribution in [3.8, 4) is 0 Å². The third kappa shape index (κ3) is 2.69. The summed E-state index contributed by atoms with van der Waals surface area (Å²) >= 11 is 1.75. The highest BCUT2D eigenvalue weighted by atomic mass is 32.1. The fourth-order valence-corrected chi connectivity index (χ4v) is 5.66. The van der Waals surface area contributed by atoms with E-state index in [1.54, 1.807) is 11.3 Å². The first-order chi connectivity index (χ1) is 13.1. The topological polar surface area (TPSA) is 45.7 Å². The summed E-state index contributed by atoms with van der Waals surface area (Å²) in [6, 6.07) is 10.5. The van der Waals surface area contributed by atoms with Crippen molar-refractivity contribution in [2.75, 3.05) is 18.0 Å². The van der Waals surface area contributed by atoms with Gasteiger partial charge in [-0.05, 0) is 32.3 Å². The Bertz CT molecular complexity index is 838. The first kappa shape index (κ1) is 17.2. The summed E-state index contributed by atoms with van der Waals surface area (Å²) in [5.41, 5.74) is 1.70. The molecule has 27 heavy (non-hydrogen) atoms. The Morgan fingerprint density at radius 1 is 1.15 bits per heavy atom. The number of carbonyl (C=O) groups excluding carboxylic acids is 1. The molecule has 3 fully saturated rings. The van der Waals surface area contributed by atoms with Crippen LogP contribution in [0.2, 0.25) is 0 Å². The van der Waals surface area contributed by atoms with Gasteiger partial charge >= 0.3 is 0 Å². The van der Waals surface area contributed by atoms with Crippen molar-refractivity contribution in [2.45, 2.75) is 57.4 Å². The van der Waals surface area contributed by atoms with E-state index < -0.39 is 5.60 Å². The minimum atomic E-state index is -0.629. The van der Waals surface area contributed by atoms with Crippen molar-refractivity contribution in [2.24, 2.45) is 0 Å². The Kier molecular flexibility index (Phi) is 4.02. The smallest absolute Gasteiger partial charge is 0.257 e. The largest absolute Gasteiger partial charge is 0.348 e. The van der Waals surface area contributed by atoms with E-state index in [0.717, 1.165) is 49.6 Å². The normalized spacial score (nSPS) is 26.8. The minimum absolute atomic E-state index is 0.0568. The van der Waals surface area contributed by atoms with Gasteiger partial charge in [-0.25, -0.2) is 4.98 Å². The van der Waals surface area contributed by atoms with Gasteiger partial charge in [-0.3, -0.25) is 4.79 Å². The van der Waals surface area contributed by atoms with Crippen molar-refractivity contribution in [1.29, 1.82) is 0 Å². The molecule has 3 saturated heterocycles. The number of carbonyl (C=O) groups is 1. The first-order valence-corrected chi connectivity index (χ1v) is 10.6. The monoisotopic (exact) mass is 383 g/mol. The molecule has 3 aliphatic rings. The minimum Gasteiger partial charge on any atom is -0.348 e. The zero-order valence-electron chi connectivity index (χ0n) is 15.9. The van der Waals surface area contributed by atoms with Gasteiger partial charge in [-0.1, -0.05) is 30.3 Å². The van der Waals surface area contributed by atoms with Crippen LogP contribution in [0.5, 0.6) is 0 Å². The number of amides is 1. The summed E-state index contributed by atoms with van der Waals surface area (Å²) in [4.78, 5) is 23.7. The van der Waals surface area contributed by atoms with E-state index in [2.05, 4.69) is 48.0 Å². The van der Waals surface area contributed by atoms with Crippen LogP contribution in [-0.2, 0) is 9.53 Å². The van der Waals surface area contributed by atoms with Gasteiger partial charge in [0.25, 0.3) is 5.91 Å². The number of aryl methyl sites for hydroxylation is 2. The third-order valence-corrected chi connectivity index (χ3v) is 7.50. The van der Waals surface area contributed by atoms with Crippen molar-refractivity contribution < 1.29 is 9.53 Å². The Hall–Kier alpha value is -1.92. The van der Waals surface area contributed by atoms with Gasteiger partial charge in [0.15, 0.2) is 10.7 Å². The van der Waals surface area contributed by atoms with E-state index >= 15 is 0 Å². The first-order valence-electron chi connectivity index (χ1n) is 9.82. The number of fused-ring (bicyclic) bond motifs is 1. The van der Waals surface area contributed by atoms with E-state index in [-0.39, 0.29) is 18.2 Å². The van der Waals surface area contributed by atoms with E-state index in [0.29, 0.717) is 0 Å². The van der Waals surface area contributed by atoms with Crippen LogP contribution in [0.3, 0.4) is 0 Å². The average molecular weight is 384 g/mol. The van der Waals surface area contributed by atoms with Crippen LogP contribution in [0.4, 0.5) is 5.13 Å². The molecule has 6 heteroatoms. The van der Waals surface area contributed by atoms with Crippen molar-refractivity contribution in [3.63, 3.8) is 0 Å². The van der Waals surface area contributed by atoms with Gasteiger partial charge in [-0.15, -0.1) is 11.3 Å². The molecule has 1 spiro atoms. The fourth-order valence-electron chi connectivity index (χ4n) is 4.70. The molecule has 1 aromatic heterocycles. The Morgan fingerprint density at radius 2 is 1.89 bits per heavy atom. The standard InChI is InChI=1S/C21H25N3O2S/c1-14-15(2)27-20(22-14)23-12-10-21(11-13-23)19(25)24-17(8-9-18(24)26-21)16-6-4-3-5-7-16/h3-7,17-18H,8-13H2,1-2H3/t17-,18+/m0/s1. The summed E-state index contributed by atoms with van der Waals surface area (Å²) in [6.07, 6.45) is 3.36. The molecular weight excluding hydrogens is 358 g/mol. The number of hydrogen-bond donors (Lipinski definition) is 0. The molecule has 2 atom stereocenters. The average Bonchev–Trinajstić information content (AvgIpc) is 3.32. The van der Waals surface area contributed by atoms with Crippen LogP contribution in [0.15, 0.2) is 30.3 Å². The molecule has 1 amide bonds. The van der Waals surface area contributed by atoms with Crippen LogP contribution in [-0.4, -0.2) is 40.7 Å². The summed E-state index contributed by atoms with van der Waals surface area (Å²) in [5.74, 6) is 0.199. The van der Waals surface area contributed by atoms with E-state index in [1.165, 1.54) is 10.4 Å². The van der Waals surface area contributed by atoms with Crippen molar-refractivity contribution >= 4 is 22.4 Å². The molecule has 3 aliphatic heterocycles. The molecule has 0 unspecified atom stereocenters. The molecule has 4 heterocycles. The van der Waals surface area contributed by atoms with Gasteiger partial charge in [-0.2, -0.15) is 0 Å². The molecule has 1 aromatic carbocycles. The third-order valence-electron chi connectivity index (χ3n) is 6.36. The molecule has 0 bridgehead atoms. The zero-order chi connectivity index (χ0) is 18.6. The number of rotatable bonds is 2. The van der Waals surface area contributed by atoms with Gasteiger partial charge in [0, 0.05) is 30.8 Å². The summed E-state index contributed by atoms with van der Waals surface area (Å²) in [7, 11) is 0. The predicted octanol–water partition coefficient (Wildman–Crippen LogP) is 3.82. The molecule has 0 N–H and O–H groups in total. The maximum absolute atomic E-state index is 13.4. The van der Waals surface area contributed by atoms with Gasteiger partial charge < -0.3 is 14.5 Å². The number of thiazole rings is 1. The number of aromatic nitrogens is 1. The van der Waals surface area contributed by atoms with Crippen LogP contribution in [0.1, 0.15) is 47.9 Å². The van der Waals surface area contributed by atoms with Gasteiger partial charge in [0.05, 0.1) is 11.7 Å². The highest BCUT2D eigenvalue weighted by Crippen LogP contribution is 2.48. The molecule has 5 rings (SSSR count). The molecule has 0 saturated carbocycles. The second-order valence-electron chi connectivity index (χ2n) is 7.91.